The Hall–Kier alpha value is -2.64. The lowest BCUT2D eigenvalue weighted by Crippen LogP contribution is -2.08. The molecule has 0 bridgehead atoms. The molecule has 2 aromatic carbocycles. The number of hydrogen-bond donors (Lipinski definition) is 1. The zero-order valence-corrected chi connectivity index (χ0v) is 13.4. The zero-order valence-electron chi connectivity index (χ0n) is 12.7. The number of benzene rings is 2. The van der Waals surface area contributed by atoms with Crippen LogP contribution >= 0.6 is 11.6 Å². The summed E-state index contributed by atoms with van der Waals surface area (Å²) in [7, 11) is 0. The molecule has 0 saturated heterocycles. The van der Waals surface area contributed by atoms with E-state index < -0.39 is 0 Å². The van der Waals surface area contributed by atoms with Crippen LogP contribution in [0.4, 0.5) is 5.69 Å². The molecule has 0 aliphatic rings. The largest absolute Gasteiger partial charge is 0.382 e. The third-order valence-corrected chi connectivity index (χ3v) is 3.86. The third kappa shape index (κ3) is 3.41. The van der Waals surface area contributed by atoms with Crippen molar-refractivity contribution in [2.24, 2.45) is 0 Å². The van der Waals surface area contributed by atoms with Gasteiger partial charge in [-0.25, -0.2) is 0 Å². The number of halogens is 1. The highest BCUT2D eigenvalue weighted by Crippen LogP contribution is 2.25. The standard InChI is InChI=1S/C18H15ClN4/c1-12-5-6-16-15(9-12)18(17(11-20)23-22-16)21-8-7-13-3-2-4-14(19)10-13/h2-6,9-10H,7-8H2,1H3,(H,21,22). The van der Waals surface area contributed by atoms with Crippen molar-refractivity contribution < 1.29 is 0 Å². The molecule has 23 heavy (non-hydrogen) atoms. The Balaban J connectivity index is 1.86. The molecule has 0 aliphatic carbocycles. The predicted molar refractivity (Wildman–Crippen MR) is 92.6 cm³/mol. The Morgan fingerprint density at radius 1 is 1.17 bits per heavy atom. The molecule has 114 valence electrons. The first kappa shape index (κ1) is 15.3. The van der Waals surface area contributed by atoms with Gasteiger partial charge >= 0.3 is 0 Å². The first-order chi connectivity index (χ1) is 11.2. The van der Waals surface area contributed by atoms with Gasteiger partial charge in [0, 0.05) is 17.0 Å². The van der Waals surface area contributed by atoms with Gasteiger partial charge in [0.1, 0.15) is 6.07 Å². The number of fused-ring (bicyclic) bond motifs is 1. The van der Waals surface area contributed by atoms with Crippen LogP contribution in [0.1, 0.15) is 16.8 Å². The van der Waals surface area contributed by atoms with Crippen LogP contribution in [0.15, 0.2) is 42.5 Å². The Morgan fingerprint density at radius 3 is 2.83 bits per heavy atom. The van der Waals surface area contributed by atoms with Crippen LogP contribution in [0.5, 0.6) is 0 Å². The third-order valence-electron chi connectivity index (χ3n) is 3.63. The van der Waals surface area contributed by atoms with Crippen molar-refractivity contribution in [1.29, 1.82) is 5.26 Å². The van der Waals surface area contributed by atoms with Crippen LogP contribution < -0.4 is 5.32 Å². The van der Waals surface area contributed by atoms with E-state index in [2.05, 4.69) is 21.6 Å². The van der Waals surface area contributed by atoms with E-state index in [1.165, 1.54) is 0 Å². The van der Waals surface area contributed by atoms with E-state index in [1.54, 1.807) is 0 Å². The Labute approximate surface area is 139 Å². The second-order valence-corrected chi connectivity index (χ2v) is 5.80. The molecule has 1 aromatic heterocycles. The minimum Gasteiger partial charge on any atom is -0.382 e. The van der Waals surface area contributed by atoms with Crippen molar-refractivity contribution >= 4 is 28.2 Å². The van der Waals surface area contributed by atoms with Gasteiger partial charge < -0.3 is 5.32 Å². The van der Waals surface area contributed by atoms with Crippen LogP contribution in [0.2, 0.25) is 5.02 Å². The molecule has 0 amide bonds. The smallest absolute Gasteiger partial charge is 0.186 e. The fourth-order valence-electron chi connectivity index (χ4n) is 2.50. The van der Waals surface area contributed by atoms with Gasteiger partial charge in [0.2, 0.25) is 0 Å². The fourth-order valence-corrected chi connectivity index (χ4v) is 2.71. The molecule has 3 rings (SSSR count). The number of hydrogen-bond acceptors (Lipinski definition) is 4. The second-order valence-electron chi connectivity index (χ2n) is 5.36. The van der Waals surface area contributed by atoms with E-state index in [9.17, 15) is 5.26 Å². The van der Waals surface area contributed by atoms with Crippen LogP contribution in [0.3, 0.4) is 0 Å². The Bertz CT molecular complexity index is 899. The van der Waals surface area contributed by atoms with Crippen molar-refractivity contribution in [3.05, 3.63) is 64.3 Å². The van der Waals surface area contributed by atoms with E-state index in [0.717, 1.165) is 39.2 Å². The normalized spacial score (nSPS) is 10.5. The molecule has 0 radical (unpaired) electrons. The number of aromatic nitrogens is 2. The predicted octanol–water partition coefficient (Wildman–Crippen LogP) is 4.12. The quantitative estimate of drug-likeness (QED) is 0.785. The van der Waals surface area contributed by atoms with Crippen molar-refractivity contribution in [3.8, 4) is 6.07 Å². The summed E-state index contributed by atoms with van der Waals surface area (Å²) in [5.41, 5.74) is 4.09. The molecule has 0 atom stereocenters. The SMILES string of the molecule is Cc1ccc2nnc(C#N)c(NCCc3cccc(Cl)c3)c2c1. The van der Waals surface area contributed by atoms with E-state index in [-0.39, 0.29) is 0 Å². The highest BCUT2D eigenvalue weighted by Gasteiger charge is 2.10. The number of rotatable bonds is 4. The Morgan fingerprint density at radius 2 is 2.04 bits per heavy atom. The lowest BCUT2D eigenvalue weighted by molar-refractivity contribution is 1.000. The van der Waals surface area contributed by atoms with Crippen molar-refractivity contribution in [1.82, 2.24) is 10.2 Å². The maximum atomic E-state index is 9.29. The van der Waals surface area contributed by atoms with Gasteiger partial charge in [-0.3, -0.25) is 0 Å². The monoisotopic (exact) mass is 322 g/mol. The number of nitrogens with one attached hydrogen (secondary N) is 1. The zero-order chi connectivity index (χ0) is 16.2. The summed E-state index contributed by atoms with van der Waals surface area (Å²) >= 11 is 6.00. The molecule has 3 aromatic rings. The molecular formula is C18H15ClN4. The fraction of sp³-hybridized carbons (Fsp3) is 0.167. The molecule has 0 fully saturated rings. The van der Waals surface area contributed by atoms with Gasteiger partial charge in [0.05, 0.1) is 11.2 Å². The van der Waals surface area contributed by atoms with Crippen molar-refractivity contribution in [2.45, 2.75) is 13.3 Å². The maximum absolute atomic E-state index is 9.29. The molecule has 0 aliphatic heterocycles. The van der Waals surface area contributed by atoms with Crippen LogP contribution in [0, 0.1) is 18.3 Å². The summed E-state index contributed by atoms with van der Waals surface area (Å²) in [5.74, 6) is 0. The summed E-state index contributed by atoms with van der Waals surface area (Å²) in [6.45, 7) is 2.70. The topological polar surface area (TPSA) is 61.6 Å². The number of anilines is 1. The number of nitriles is 1. The summed E-state index contributed by atoms with van der Waals surface area (Å²) in [5, 5.41) is 22.4. The molecule has 5 heteroatoms. The number of nitrogens with zero attached hydrogens (tertiary/aromatic N) is 3. The van der Waals surface area contributed by atoms with Gasteiger partial charge in [-0.1, -0.05) is 35.4 Å². The van der Waals surface area contributed by atoms with Gasteiger partial charge in [0.15, 0.2) is 5.69 Å². The molecule has 0 unspecified atom stereocenters. The van der Waals surface area contributed by atoms with Gasteiger partial charge in [-0.05, 0) is 43.2 Å². The average Bonchev–Trinajstić information content (AvgIpc) is 2.55. The average molecular weight is 323 g/mol. The van der Waals surface area contributed by atoms with Crippen molar-refractivity contribution in [2.75, 3.05) is 11.9 Å². The van der Waals surface area contributed by atoms with Gasteiger partial charge in [-0.15, -0.1) is 10.2 Å². The van der Waals surface area contributed by atoms with Crippen LogP contribution in [-0.2, 0) is 6.42 Å². The minimum absolute atomic E-state index is 0.314. The first-order valence-electron chi connectivity index (χ1n) is 7.33. The highest BCUT2D eigenvalue weighted by molar-refractivity contribution is 6.30. The molecule has 4 nitrogen and oxygen atoms in total. The van der Waals surface area contributed by atoms with Crippen LogP contribution in [0.25, 0.3) is 10.9 Å². The molecular weight excluding hydrogens is 308 g/mol. The van der Waals surface area contributed by atoms with Crippen molar-refractivity contribution in [3.63, 3.8) is 0 Å². The number of aryl methyl sites for hydroxylation is 1. The summed E-state index contributed by atoms with van der Waals surface area (Å²) in [6.07, 6.45) is 0.807. The molecule has 1 heterocycles. The molecule has 1 N–H and O–H groups in total. The molecule has 0 saturated carbocycles. The summed E-state index contributed by atoms with van der Waals surface area (Å²) < 4.78 is 0. The first-order valence-corrected chi connectivity index (χ1v) is 7.70. The minimum atomic E-state index is 0.314. The second kappa shape index (κ2) is 6.64. The summed E-state index contributed by atoms with van der Waals surface area (Å²) in [6, 6.07) is 15.8. The Kier molecular flexibility index (Phi) is 4.40. The molecule has 0 spiro atoms. The van der Waals surface area contributed by atoms with E-state index in [0.29, 0.717) is 12.2 Å². The van der Waals surface area contributed by atoms with E-state index >= 15 is 0 Å². The lowest BCUT2D eigenvalue weighted by atomic mass is 10.1. The van der Waals surface area contributed by atoms with Gasteiger partial charge in [0.25, 0.3) is 0 Å². The lowest BCUT2D eigenvalue weighted by Gasteiger charge is -2.11. The highest BCUT2D eigenvalue weighted by atomic mass is 35.5. The summed E-state index contributed by atoms with van der Waals surface area (Å²) in [4.78, 5) is 0. The maximum Gasteiger partial charge on any atom is 0.186 e. The van der Waals surface area contributed by atoms with E-state index in [1.807, 2.05) is 49.4 Å². The van der Waals surface area contributed by atoms with Crippen LogP contribution in [-0.4, -0.2) is 16.7 Å². The van der Waals surface area contributed by atoms with Gasteiger partial charge in [-0.2, -0.15) is 5.26 Å². The van der Waals surface area contributed by atoms with E-state index in [4.69, 9.17) is 11.6 Å².